The molecule has 21 heavy (non-hydrogen) atoms. The first-order chi connectivity index (χ1) is 10.2. The first kappa shape index (κ1) is 14.6. The molecule has 5 nitrogen and oxygen atoms in total. The third kappa shape index (κ3) is 3.47. The summed E-state index contributed by atoms with van der Waals surface area (Å²) in [5, 5.41) is 5.50. The summed E-state index contributed by atoms with van der Waals surface area (Å²) >= 11 is 3.03. The van der Waals surface area contributed by atoms with E-state index in [1.54, 1.807) is 16.7 Å². The Bertz CT molecular complexity index is 557. The van der Waals surface area contributed by atoms with Gasteiger partial charge in [-0.05, 0) is 24.3 Å². The Morgan fingerprint density at radius 2 is 2.33 bits per heavy atom. The Morgan fingerprint density at radius 1 is 1.43 bits per heavy atom. The molecule has 2 amide bonds. The summed E-state index contributed by atoms with van der Waals surface area (Å²) in [6.45, 7) is 2.00. The molecule has 0 saturated carbocycles. The Kier molecular flexibility index (Phi) is 4.60. The first-order valence-electron chi connectivity index (χ1n) is 7.05. The van der Waals surface area contributed by atoms with E-state index in [-0.39, 0.29) is 17.7 Å². The minimum atomic E-state index is -0.133. The van der Waals surface area contributed by atoms with Crippen molar-refractivity contribution in [3.05, 3.63) is 22.4 Å². The van der Waals surface area contributed by atoms with Crippen molar-refractivity contribution in [1.29, 1.82) is 0 Å². The average molecular weight is 323 g/mol. The molecule has 0 aliphatic carbocycles. The molecule has 1 atom stereocenters. The molecule has 0 unspecified atom stereocenters. The van der Waals surface area contributed by atoms with E-state index in [1.807, 2.05) is 17.5 Å². The largest absolute Gasteiger partial charge is 0.337 e. The normalized spacial score (nSPS) is 22.0. The van der Waals surface area contributed by atoms with Gasteiger partial charge in [0.25, 0.3) is 5.91 Å². The van der Waals surface area contributed by atoms with Crippen LogP contribution < -0.4 is 5.32 Å². The number of aliphatic imine (C=N–C) groups is 1. The van der Waals surface area contributed by atoms with Gasteiger partial charge < -0.3 is 10.2 Å². The van der Waals surface area contributed by atoms with E-state index in [1.165, 1.54) is 11.3 Å². The lowest BCUT2D eigenvalue weighted by Gasteiger charge is -2.31. The molecule has 3 rings (SSSR count). The number of rotatable bonds is 2. The van der Waals surface area contributed by atoms with Gasteiger partial charge >= 0.3 is 0 Å². The second kappa shape index (κ2) is 6.62. The zero-order chi connectivity index (χ0) is 14.7. The lowest BCUT2D eigenvalue weighted by Crippen LogP contribution is -2.46. The van der Waals surface area contributed by atoms with Crippen molar-refractivity contribution in [2.75, 3.05) is 25.4 Å². The van der Waals surface area contributed by atoms with E-state index < -0.39 is 0 Å². The molecule has 112 valence electrons. The van der Waals surface area contributed by atoms with E-state index in [0.717, 1.165) is 41.7 Å². The van der Waals surface area contributed by atoms with Crippen LogP contribution in [0.25, 0.3) is 0 Å². The number of hydrogen-bond acceptors (Lipinski definition) is 5. The molecular formula is C14H17N3O2S2. The molecule has 0 bridgehead atoms. The number of piperidine rings is 1. The molecule has 1 saturated heterocycles. The number of amidine groups is 1. The zero-order valence-electron chi connectivity index (χ0n) is 11.6. The fourth-order valence-corrected chi connectivity index (χ4v) is 3.97. The van der Waals surface area contributed by atoms with Crippen molar-refractivity contribution in [3.8, 4) is 0 Å². The highest BCUT2D eigenvalue weighted by molar-refractivity contribution is 8.14. The second-order valence-corrected chi connectivity index (χ2v) is 7.12. The Labute approximate surface area is 131 Å². The molecule has 0 radical (unpaired) electrons. The van der Waals surface area contributed by atoms with Crippen LogP contribution in [0.4, 0.5) is 0 Å². The van der Waals surface area contributed by atoms with Crippen LogP contribution >= 0.6 is 23.1 Å². The standard InChI is InChI=1S/C14H17N3O2S2/c18-12(16-14-15-5-8-21-14)10-3-1-6-17(9-10)13(19)11-4-2-7-20-11/h2,4,7,10H,1,3,5-6,8-9H2,(H,15,16,18)/t10-/m1/s1. The molecule has 2 aliphatic heterocycles. The summed E-state index contributed by atoms with van der Waals surface area (Å²) in [5.74, 6) is 0.831. The van der Waals surface area contributed by atoms with Crippen molar-refractivity contribution in [1.82, 2.24) is 10.2 Å². The lowest BCUT2D eigenvalue weighted by molar-refractivity contribution is -0.124. The van der Waals surface area contributed by atoms with Gasteiger partial charge in [0.05, 0.1) is 17.3 Å². The summed E-state index contributed by atoms with van der Waals surface area (Å²) < 4.78 is 0. The quantitative estimate of drug-likeness (QED) is 0.903. The monoisotopic (exact) mass is 323 g/mol. The topological polar surface area (TPSA) is 61.8 Å². The maximum Gasteiger partial charge on any atom is 0.263 e. The van der Waals surface area contributed by atoms with Gasteiger partial charge in [0, 0.05) is 18.8 Å². The van der Waals surface area contributed by atoms with Crippen molar-refractivity contribution in [2.45, 2.75) is 12.8 Å². The maximum atomic E-state index is 12.4. The van der Waals surface area contributed by atoms with Crippen molar-refractivity contribution in [2.24, 2.45) is 10.9 Å². The molecule has 1 fully saturated rings. The highest BCUT2D eigenvalue weighted by Gasteiger charge is 2.30. The number of nitrogens with one attached hydrogen (secondary N) is 1. The van der Waals surface area contributed by atoms with Crippen molar-refractivity contribution in [3.63, 3.8) is 0 Å². The number of likely N-dealkylation sites (tertiary alicyclic amines) is 1. The number of hydrogen-bond donors (Lipinski definition) is 1. The average Bonchev–Trinajstić information content (AvgIpc) is 3.20. The van der Waals surface area contributed by atoms with Crippen molar-refractivity contribution >= 4 is 40.1 Å². The van der Waals surface area contributed by atoms with Crippen LogP contribution in [0.3, 0.4) is 0 Å². The SMILES string of the molecule is O=C(NC1=NCCS1)[C@@H]1CCCN(C(=O)c2cccs2)C1. The minimum absolute atomic E-state index is 0.00757. The van der Waals surface area contributed by atoms with Gasteiger partial charge in [-0.2, -0.15) is 0 Å². The van der Waals surface area contributed by atoms with Gasteiger partial charge in [0.15, 0.2) is 5.17 Å². The fourth-order valence-electron chi connectivity index (χ4n) is 2.55. The predicted molar refractivity (Wildman–Crippen MR) is 85.8 cm³/mol. The van der Waals surface area contributed by atoms with Gasteiger partial charge in [-0.1, -0.05) is 17.8 Å². The molecule has 1 N–H and O–H groups in total. The maximum absolute atomic E-state index is 12.4. The summed E-state index contributed by atoms with van der Waals surface area (Å²) in [7, 11) is 0. The van der Waals surface area contributed by atoms with Crippen LogP contribution in [0.2, 0.25) is 0 Å². The number of nitrogens with zero attached hydrogens (tertiary/aromatic N) is 2. The van der Waals surface area contributed by atoms with Gasteiger partial charge in [-0.15, -0.1) is 11.3 Å². The summed E-state index contributed by atoms with van der Waals surface area (Å²) in [5.41, 5.74) is 0. The smallest absolute Gasteiger partial charge is 0.263 e. The molecular weight excluding hydrogens is 306 g/mol. The van der Waals surface area contributed by atoms with Gasteiger partial charge in [-0.25, -0.2) is 0 Å². The van der Waals surface area contributed by atoms with Crippen LogP contribution in [0.1, 0.15) is 22.5 Å². The number of carbonyl (C=O) groups excluding carboxylic acids is 2. The third-order valence-corrected chi connectivity index (χ3v) is 5.38. The molecule has 2 aliphatic rings. The van der Waals surface area contributed by atoms with Crippen LogP contribution in [0, 0.1) is 5.92 Å². The van der Waals surface area contributed by atoms with Gasteiger partial charge in [-0.3, -0.25) is 14.6 Å². The second-order valence-electron chi connectivity index (χ2n) is 5.09. The van der Waals surface area contributed by atoms with Gasteiger partial charge in [0.2, 0.25) is 5.91 Å². The van der Waals surface area contributed by atoms with Crippen LogP contribution in [0.5, 0.6) is 0 Å². The Balaban J connectivity index is 1.60. The fraction of sp³-hybridized carbons (Fsp3) is 0.500. The molecule has 0 aromatic carbocycles. The van der Waals surface area contributed by atoms with E-state index in [0.29, 0.717) is 6.54 Å². The highest BCUT2D eigenvalue weighted by Crippen LogP contribution is 2.21. The molecule has 1 aromatic heterocycles. The van der Waals surface area contributed by atoms with Crippen LogP contribution in [-0.2, 0) is 4.79 Å². The lowest BCUT2D eigenvalue weighted by atomic mass is 9.97. The Hall–Kier alpha value is -1.34. The molecule has 3 heterocycles. The molecule has 1 aromatic rings. The third-order valence-electron chi connectivity index (χ3n) is 3.63. The summed E-state index contributed by atoms with van der Waals surface area (Å²) in [4.78, 5) is 31.4. The number of thioether (sulfide) groups is 1. The minimum Gasteiger partial charge on any atom is -0.337 e. The van der Waals surface area contributed by atoms with E-state index in [9.17, 15) is 9.59 Å². The predicted octanol–water partition coefficient (Wildman–Crippen LogP) is 1.82. The molecule has 7 heteroatoms. The summed E-state index contributed by atoms with van der Waals surface area (Å²) in [6, 6.07) is 3.71. The van der Waals surface area contributed by atoms with Crippen molar-refractivity contribution < 1.29 is 9.59 Å². The summed E-state index contributed by atoms with van der Waals surface area (Å²) in [6.07, 6.45) is 1.70. The van der Waals surface area contributed by atoms with E-state index in [2.05, 4.69) is 10.3 Å². The van der Waals surface area contributed by atoms with Gasteiger partial charge in [0.1, 0.15) is 0 Å². The number of thiophene rings is 1. The zero-order valence-corrected chi connectivity index (χ0v) is 13.2. The van der Waals surface area contributed by atoms with E-state index in [4.69, 9.17) is 0 Å². The van der Waals surface area contributed by atoms with Crippen LogP contribution in [-0.4, -0.2) is 47.3 Å². The number of amides is 2. The highest BCUT2D eigenvalue weighted by atomic mass is 32.2. The van der Waals surface area contributed by atoms with E-state index >= 15 is 0 Å². The molecule has 0 spiro atoms. The first-order valence-corrected chi connectivity index (χ1v) is 8.91. The number of carbonyl (C=O) groups is 2. The Morgan fingerprint density at radius 3 is 3.05 bits per heavy atom. The van der Waals surface area contributed by atoms with Crippen LogP contribution in [0.15, 0.2) is 22.5 Å².